The van der Waals surface area contributed by atoms with Gasteiger partial charge in [0.25, 0.3) is 5.91 Å². The molecule has 1 N–H and O–H groups in total. The molecule has 0 saturated carbocycles. The molecule has 1 aromatic carbocycles. The number of halogens is 3. The van der Waals surface area contributed by atoms with Crippen LogP contribution in [0.1, 0.15) is 28.8 Å². The molecular formula is C24H28F3N5O2. The van der Waals surface area contributed by atoms with E-state index in [2.05, 4.69) is 27.1 Å². The number of benzene rings is 1. The van der Waals surface area contributed by atoms with Crippen molar-refractivity contribution < 1.29 is 22.8 Å². The number of carbonyl (C=O) groups excluding carboxylic acids is 2. The van der Waals surface area contributed by atoms with Gasteiger partial charge in [-0.05, 0) is 56.3 Å². The van der Waals surface area contributed by atoms with Gasteiger partial charge in [0.1, 0.15) is 5.82 Å². The third kappa shape index (κ3) is 5.67. The monoisotopic (exact) mass is 475 g/mol. The molecule has 7 nitrogen and oxygen atoms in total. The molecule has 2 aliphatic rings. The Hall–Kier alpha value is -3.14. The standard InChI is InChI=1S/C24H28F3N5O2/c1-30-12-14-31(15-13-30)21-7-6-20(16-28-21)29-22(33)17-8-10-32(11-9-17)23(34)18-2-4-19(5-3-18)24(25,26)27/h2-7,16-17H,8-15H2,1H3,(H,29,33). The lowest BCUT2D eigenvalue weighted by molar-refractivity contribution is -0.137. The molecule has 4 rings (SSSR count). The minimum absolute atomic E-state index is 0.115. The van der Waals surface area contributed by atoms with Gasteiger partial charge in [-0.3, -0.25) is 9.59 Å². The maximum atomic E-state index is 12.7. The first-order valence-corrected chi connectivity index (χ1v) is 11.4. The summed E-state index contributed by atoms with van der Waals surface area (Å²) in [5.41, 5.74) is 0.0547. The van der Waals surface area contributed by atoms with Crippen LogP contribution in [0.3, 0.4) is 0 Å². The number of rotatable bonds is 4. The van der Waals surface area contributed by atoms with E-state index in [4.69, 9.17) is 0 Å². The first-order valence-electron chi connectivity index (χ1n) is 11.4. The highest BCUT2D eigenvalue weighted by Gasteiger charge is 2.31. The van der Waals surface area contributed by atoms with Gasteiger partial charge in [0, 0.05) is 50.7 Å². The van der Waals surface area contributed by atoms with Crippen molar-refractivity contribution in [1.82, 2.24) is 14.8 Å². The summed E-state index contributed by atoms with van der Waals surface area (Å²) < 4.78 is 38.2. The fourth-order valence-corrected chi connectivity index (χ4v) is 4.26. The van der Waals surface area contributed by atoms with Crippen molar-refractivity contribution in [1.29, 1.82) is 0 Å². The van der Waals surface area contributed by atoms with E-state index < -0.39 is 11.7 Å². The Morgan fingerprint density at radius 3 is 2.15 bits per heavy atom. The van der Waals surface area contributed by atoms with Gasteiger partial charge >= 0.3 is 6.18 Å². The zero-order chi connectivity index (χ0) is 24.3. The summed E-state index contributed by atoms with van der Waals surface area (Å²) in [5, 5.41) is 2.91. The largest absolute Gasteiger partial charge is 0.416 e. The lowest BCUT2D eigenvalue weighted by Crippen LogP contribution is -2.44. The van der Waals surface area contributed by atoms with Gasteiger partial charge in [-0.25, -0.2) is 4.98 Å². The predicted molar refractivity (Wildman–Crippen MR) is 123 cm³/mol. The zero-order valence-corrected chi connectivity index (χ0v) is 19.0. The SMILES string of the molecule is CN1CCN(c2ccc(NC(=O)C3CCN(C(=O)c4ccc(C(F)(F)F)cc4)CC3)cn2)CC1. The molecule has 0 bridgehead atoms. The topological polar surface area (TPSA) is 68.8 Å². The fraction of sp³-hybridized carbons (Fsp3) is 0.458. The van der Waals surface area contributed by atoms with Gasteiger partial charge in [0.2, 0.25) is 5.91 Å². The predicted octanol–water partition coefficient (Wildman–Crippen LogP) is 3.34. The molecule has 2 aromatic rings. The van der Waals surface area contributed by atoms with Crippen LogP contribution >= 0.6 is 0 Å². The number of piperidine rings is 1. The number of likely N-dealkylation sites (N-methyl/N-ethyl adjacent to an activating group) is 1. The molecule has 2 amide bonds. The van der Waals surface area contributed by atoms with Gasteiger partial charge in [-0.1, -0.05) is 0 Å². The Labute approximate surface area is 196 Å². The summed E-state index contributed by atoms with van der Waals surface area (Å²) in [6.07, 6.45) is -1.79. The van der Waals surface area contributed by atoms with Crippen molar-refractivity contribution in [2.75, 3.05) is 56.5 Å². The summed E-state index contributed by atoms with van der Waals surface area (Å²) in [6, 6.07) is 7.98. The third-order valence-corrected chi connectivity index (χ3v) is 6.45. The zero-order valence-electron chi connectivity index (χ0n) is 19.0. The number of hydrogen-bond donors (Lipinski definition) is 1. The molecule has 0 aliphatic carbocycles. The number of amides is 2. The number of aromatic nitrogens is 1. The number of alkyl halides is 3. The molecule has 0 atom stereocenters. The van der Waals surface area contributed by atoms with Crippen LogP contribution in [0.15, 0.2) is 42.6 Å². The van der Waals surface area contributed by atoms with Gasteiger partial charge in [0.05, 0.1) is 17.4 Å². The van der Waals surface area contributed by atoms with Crippen molar-refractivity contribution in [3.8, 4) is 0 Å². The number of nitrogens with zero attached hydrogens (tertiary/aromatic N) is 4. The van der Waals surface area contributed by atoms with E-state index in [-0.39, 0.29) is 23.3 Å². The van der Waals surface area contributed by atoms with Crippen LogP contribution < -0.4 is 10.2 Å². The molecule has 0 unspecified atom stereocenters. The van der Waals surface area contributed by atoms with E-state index in [9.17, 15) is 22.8 Å². The second-order valence-corrected chi connectivity index (χ2v) is 8.83. The Balaban J connectivity index is 1.27. The van der Waals surface area contributed by atoms with Crippen LogP contribution in [-0.2, 0) is 11.0 Å². The summed E-state index contributed by atoms with van der Waals surface area (Å²) in [4.78, 5) is 35.9. The quantitative estimate of drug-likeness (QED) is 0.735. The third-order valence-electron chi connectivity index (χ3n) is 6.45. The number of carbonyl (C=O) groups is 2. The van der Waals surface area contributed by atoms with Gasteiger partial charge in [-0.15, -0.1) is 0 Å². The Morgan fingerprint density at radius 1 is 0.941 bits per heavy atom. The van der Waals surface area contributed by atoms with E-state index in [1.165, 1.54) is 12.1 Å². The molecule has 2 aliphatic heterocycles. The van der Waals surface area contributed by atoms with Gasteiger partial charge in [0.15, 0.2) is 0 Å². The second-order valence-electron chi connectivity index (χ2n) is 8.83. The number of pyridine rings is 1. The van der Waals surface area contributed by atoms with Gasteiger partial charge < -0.3 is 20.0 Å². The van der Waals surface area contributed by atoms with Crippen LogP contribution in [0.2, 0.25) is 0 Å². The average Bonchev–Trinajstić information content (AvgIpc) is 2.84. The Kier molecular flexibility index (Phi) is 7.06. The molecule has 2 saturated heterocycles. The summed E-state index contributed by atoms with van der Waals surface area (Å²) in [5.74, 6) is 0.210. The molecule has 182 valence electrons. The lowest BCUT2D eigenvalue weighted by atomic mass is 9.95. The van der Waals surface area contributed by atoms with Crippen molar-refractivity contribution in [3.05, 3.63) is 53.7 Å². The van der Waals surface area contributed by atoms with Crippen LogP contribution in [0.4, 0.5) is 24.7 Å². The number of likely N-dealkylation sites (tertiary alicyclic amines) is 1. The van der Waals surface area contributed by atoms with E-state index in [0.717, 1.165) is 44.1 Å². The van der Waals surface area contributed by atoms with Crippen molar-refractivity contribution >= 4 is 23.3 Å². The summed E-state index contributed by atoms with van der Waals surface area (Å²) >= 11 is 0. The van der Waals surface area contributed by atoms with E-state index in [1.54, 1.807) is 11.1 Å². The highest BCUT2D eigenvalue weighted by atomic mass is 19.4. The summed E-state index contributed by atoms with van der Waals surface area (Å²) in [7, 11) is 2.10. The lowest BCUT2D eigenvalue weighted by Gasteiger charge is -2.33. The summed E-state index contributed by atoms with van der Waals surface area (Å²) in [6.45, 7) is 4.55. The minimum Gasteiger partial charge on any atom is -0.354 e. The number of piperazine rings is 1. The first kappa shape index (κ1) is 24.0. The van der Waals surface area contributed by atoms with Crippen LogP contribution in [0.5, 0.6) is 0 Å². The van der Waals surface area contributed by atoms with Gasteiger partial charge in [-0.2, -0.15) is 13.2 Å². The maximum Gasteiger partial charge on any atom is 0.416 e. The van der Waals surface area contributed by atoms with E-state index in [0.29, 0.717) is 31.6 Å². The molecule has 0 spiro atoms. The molecule has 3 heterocycles. The van der Waals surface area contributed by atoms with Crippen molar-refractivity contribution in [2.24, 2.45) is 5.92 Å². The second kappa shape index (κ2) is 10.0. The molecule has 1 aromatic heterocycles. The molecule has 0 radical (unpaired) electrons. The highest BCUT2D eigenvalue weighted by molar-refractivity contribution is 5.95. The fourth-order valence-electron chi connectivity index (χ4n) is 4.26. The molecule has 34 heavy (non-hydrogen) atoms. The highest BCUT2D eigenvalue weighted by Crippen LogP contribution is 2.29. The average molecular weight is 476 g/mol. The number of nitrogens with one attached hydrogen (secondary N) is 1. The molecular weight excluding hydrogens is 447 g/mol. The van der Waals surface area contributed by atoms with E-state index in [1.807, 2.05) is 12.1 Å². The van der Waals surface area contributed by atoms with Crippen molar-refractivity contribution in [2.45, 2.75) is 19.0 Å². The number of hydrogen-bond acceptors (Lipinski definition) is 5. The molecule has 10 heteroatoms. The maximum absolute atomic E-state index is 12.7. The van der Waals surface area contributed by atoms with Crippen LogP contribution in [0.25, 0.3) is 0 Å². The number of anilines is 2. The first-order chi connectivity index (χ1) is 16.2. The minimum atomic E-state index is -4.44. The smallest absolute Gasteiger partial charge is 0.354 e. The Bertz CT molecular complexity index is 995. The van der Waals surface area contributed by atoms with Crippen LogP contribution in [0, 0.1) is 5.92 Å². The Morgan fingerprint density at radius 2 is 1.59 bits per heavy atom. The normalized spacial score (nSPS) is 18.1. The van der Waals surface area contributed by atoms with Crippen LogP contribution in [-0.4, -0.2) is 72.9 Å². The van der Waals surface area contributed by atoms with E-state index >= 15 is 0 Å². The molecule has 2 fully saturated rings. The van der Waals surface area contributed by atoms with Crippen molar-refractivity contribution in [3.63, 3.8) is 0 Å².